The predicted molar refractivity (Wildman–Crippen MR) is 46.3 cm³/mol. The third kappa shape index (κ3) is 7.59. The van der Waals surface area contributed by atoms with Gasteiger partial charge in [-0.2, -0.15) is 13.2 Å². The molecule has 0 aliphatic carbocycles. The van der Waals surface area contributed by atoms with Crippen LogP contribution in [0, 0.1) is 0 Å². The van der Waals surface area contributed by atoms with Crippen molar-refractivity contribution in [3.63, 3.8) is 0 Å². The Labute approximate surface area is 84.1 Å². The second-order valence-electron chi connectivity index (χ2n) is 3.06. The number of hydrogen-bond donors (Lipinski definition) is 3. The third-order valence-corrected chi connectivity index (χ3v) is 1.42. The van der Waals surface area contributed by atoms with Crippen molar-refractivity contribution in [2.24, 2.45) is 10.9 Å². The number of amides is 1. The van der Waals surface area contributed by atoms with Crippen molar-refractivity contribution in [3.05, 3.63) is 0 Å². The number of nitrogens with one attached hydrogen (secondary N) is 1. The molecule has 0 radical (unpaired) electrons. The minimum absolute atomic E-state index is 0.355. The molecule has 88 valence electrons. The quantitative estimate of drug-likeness (QED) is 0.284. The molecule has 0 aliphatic heterocycles. The van der Waals surface area contributed by atoms with E-state index >= 15 is 0 Å². The van der Waals surface area contributed by atoms with Crippen LogP contribution in [0.15, 0.2) is 5.16 Å². The lowest BCUT2D eigenvalue weighted by Gasteiger charge is -2.15. The standard InChI is InChI=1S/C7H12F3N3O2/c1-4(3-7(8,9)10)12-6(14)2-5(11)13-15/h4,15H,2-3H2,1H3,(H2,11,13)(H,12,14). The molecule has 15 heavy (non-hydrogen) atoms. The summed E-state index contributed by atoms with van der Waals surface area (Å²) < 4.78 is 35.5. The summed E-state index contributed by atoms with van der Waals surface area (Å²) in [7, 11) is 0. The summed E-state index contributed by atoms with van der Waals surface area (Å²) in [6.07, 6.45) is -5.88. The number of halogens is 3. The molecule has 0 saturated carbocycles. The highest BCUT2D eigenvalue weighted by Crippen LogP contribution is 2.21. The fourth-order valence-corrected chi connectivity index (χ4v) is 0.924. The van der Waals surface area contributed by atoms with Crippen LogP contribution in [0.25, 0.3) is 0 Å². The molecule has 0 aromatic rings. The zero-order valence-corrected chi connectivity index (χ0v) is 8.01. The number of rotatable bonds is 4. The zero-order chi connectivity index (χ0) is 12.1. The van der Waals surface area contributed by atoms with E-state index in [2.05, 4.69) is 10.5 Å². The molecule has 0 rings (SSSR count). The molecular formula is C7H12F3N3O2. The van der Waals surface area contributed by atoms with Gasteiger partial charge in [-0.3, -0.25) is 4.79 Å². The molecule has 1 atom stereocenters. The van der Waals surface area contributed by atoms with Gasteiger partial charge in [-0.1, -0.05) is 5.16 Å². The molecular weight excluding hydrogens is 215 g/mol. The van der Waals surface area contributed by atoms with Gasteiger partial charge >= 0.3 is 6.18 Å². The Morgan fingerprint density at radius 2 is 2.13 bits per heavy atom. The van der Waals surface area contributed by atoms with Crippen LogP contribution in [0.5, 0.6) is 0 Å². The van der Waals surface area contributed by atoms with Crippen molar-refractivity contribution in [1.82, 2.24) is 5.32 Å². The Morgan fingerprint density at radius 3 is 2.53 bits per heavy atom. The third-order valence-electron chi connectivity index (χ3n) is 1.42. The van der Waals surface area contributed by atoms with Gasteiger partial charge in [0.2, 0.25) is 5.91 Å². The average Bonchev–Trinajstić information content (AvgIpc) is 1.99. The molecule has 0 spiro atoms. The van der Waals surface area contributed by atoms with E-state index in [1.807, 2.05) is 0 Å². The molecule has 0 bridgehead atoms. The van der Waals surface area contributed by atoms with Crippen molar-refractivity contribution in [2.75, 3.05) is 0 Å². The number of carbonyl (C=O) groups is 1. The lowest BCUT2D eigenvalue weighted by Crippen LogP contribution is -2.37. The Hall–Kier alpha value is -1.47. The normalized spacial score (nSPS) is 14.8. The minimum atomic E-state index is -4.33. The van der Waals surface area contributed by atoms with Gasteiger partial charge in [-0.05, 0) is 6.92 Å². The number of alkyl halides is 3. The molecule has 1 amide bonds. The SMILES string of the molecule is CC(CC(F)(F)F)NC(=O)CC(N)=NO. The molecule has 0 fully saturated rings. The van der Waals surface area contributed by atoms with Gasteiger partial charge in [0.25, 0.3) is 0 Å². The summed E-state index contributed by atoms with van der Waals surface area (Å²) in [4.78, 5) is 11.0. The molecule has 0 aromatic heterocycles. The number of nitrogens with two attached hydrogens (primary N) is 1. The van der Waals surface area contributed by atoms with E-state index in [1.54, 1.807) is 0 Å². The van der Waals surface area contributed by atoms with E-state index in [4.69, 9.17) is 10.9 Å². The van der Waals surface area contributed by atoms with E-state index in [-0.39, 0.29) is 5.84 Å². The molecule has 0 saturated heterocycles. The number of amidine groups is 1. The summed E-state index contributed by atoms with van der Waals surface area (Å²) in [5.41, 5.74) is 4.99. The lowest BCUT2D eigenvalue weighted by atomic mass is 10.2. The zero-order valence-electron chi connectivity index (χ0n) is 8.01. The summed E-state index contributed by atoms with van der Waals surface area (Å²) in [5.74, 6) is -1.08. The first-order chi connectivity index (χ1) is 6.74. The summed E-state index contributed by atoms with van der Waals surface area (Å²) in [5, 5.41) is 12.7. The van der Waals surface area contributed by atoms with Crippen LogP contribution in [-0.2, 0) is 4.79 Å². The van der Waals surface area contributed by atoms with Crippen LogP contribution >= 0.6 is 0 Å². The van der Waals surface area contributed by atoms with Gasteiger partial charge in [0, 0.05) is 6.04 Å². The highest BCUT2D eigenvalue weighted by Gasteiger charge is 2.30. The van der Waals surface area contributed by atoms with Crippen LogP contribution < -0.4 is 11.1 Å². The van der Waals surface area contributed by atoms with Crippen LogP contribution in [0.1, 0.15) is 19.8 Å². The maximum atomic E-state index is 11.8. The van der Waals surface area contributed by atoms with Gasteiger partial charge < -0.3 is 16.3 Å². The molecule has 1 unspecified atom stereocenters. The molecule has 8 heteroatoms. The Kier molecular flexibility index (Phi) is 4.89. The molecule has 0 aromatic carbocycles. The molecule has 0 aliphatic rings. The average molecular weight is 227 g/mol. The van der Waals surface area contributed by atoms with Gasteiger partial charge in [-0.25, -0.2) is 0 Å². The van der Waals surface area contributed by atoms with Gasteiger partial charge in [0.15, 0.2) is 0 Å². The van der Waals surface area contributed by atoms with E-state index in [9.17, 15) is 18.0 Å². The van der Waals surface area contributed by atoms with Gasteiger partial charge in [0.05, 0.1) is 12.8 Å². The Morgan fingerprint density at radius 1 is 1.60 bits per heavy atom. The van der Waals surface area contributed by atoms with E-state index in [0.717, 1.165) is 0 Å². The number of carbonyl (C=O) groups excluding carboxylic acids is 1. The van der Waals surface area contributed by atoms with Crippen molar-refractivity contribution in [2.45, 2.75) is 32.0 Å². The smallest absolute Gasteiger partial charge is 0.391 e. The number of hydrogen-bond acceptors (Lipinski definition) is 3. The Bertz CT molecular complexity index is 252. The van der Waals surface area contributed by atoms with E-state index in [1.165, 1.54) is 6.92 Å². The van der Waals surface area contributed by atoms with Crippen molar-refractivity contribution in [1.29, 1.82) is 0 Å². The predicted octanol–water partition coefficient (Wildman–Crippen LogP) is 0.580. The number of oxime groups is 1. The second-order valence-corrected chi connectivity index (χ2v) is 3.06. The maximum absolute atomic E-state index is 11.8. The summed E-state index contributed by atoms with van der Waals surface area (Å²) in [6, 6.07) is -1.04. The first kappa shape index (κ1) is 13.5. The molecule has 5 nitrogen and oxygen atoms in total. The molecule has 0 heterocycles. The fraction of sp³-hybridized carbons (Fsp3) is 0.714. The van der Waals surface area contributed by atoms with Gasteiger partial charge in [-0.15, -0.1) is 0 Å². The van der Waals surface area contributed by atoms with E-state index < -0.39 is 31.0 Å². The van der Waals surface area contributed by atoms with Crippen molar-refractivity contribution >= 4 is 11.7 Å². The first-order valence-electron chi connectivity index (χ1n) is 4.07. The van der Waals surface area contributed by atoms with Crippen molar-refractivity contribution < 1.29 is 23.2 Å². The minimum Gasteiger partial charge on any atom is -0.409 e. The summed E-state index contributed by atoms with van der Waals surface area (Å²) >= 11 is 0. The van der Waals surface area contributed by atoms with E-state index in [0.29, 0.717) is 0 Å². The second kappa shape index (κ2) is 5.42. The first-order valence-corrected chi connectivity index (χ1v) is 4.07. The lowest BCUT2D eigenvalue weighted by molar-refractivity contribution is -0.141. The fourth-order valence-electron chi connectivity index (χ4n) is 0.924. The van der Waals surface area contributed by atoms with Crippen LogP contribution in [0.2, 0.25) is 0 Å². The van der Waals surface area contributed by atoms with Crippen LogP contribution in [-0.4, -0.2) is 29.2 Å². The van der Waals surface area contributed by atoms with Crippen LogP contribution in [0.3, 0.4) is 0 Å². The molecule has 4 N–H and O–H groups in total. The largest absolute Gasteiger partial charge is 0.409 e. The highest BCUT2D eigenvalue weighted by atomic mass is 19.4. The van der Waals surface area contributed by atoms with Crippen LogP contribution in [0.4, 0.5) is 13.2 Å². The Balaban J connectivity index is 3.97. The topological polar surface area (TPSA) is 87.7 Å². The van der Waals surface area contributed by atoms with Crippen molar-refractivity contribution in [3.8, 4) is 0 Å². The summed E-state index contributed by atoms with van der Waals surface area (Å²) in [6.45, 7) is 1.22. The maximum Gasteiger partial charge on any atom is 0.391 e. The monoisotopic (exact) mass is 227 g/mol. The number of nitrogens with zero attached hydrogens (tertiary/aromatic N) is 1. The van der Waals surface area contributed by atoms with Gasteiger partial charge in [0.1, 0.15) is 5.84 Å². The highest BCUT2D eigenvalue weighted by molar-refractivity contribution is 5.98.